The molecule has 1 heterocycles. The highest BCUT2D eigenvalue weighted by Gasteiger charge is 2.32. The lowest BCUT2D eigenvalue weighted by molar-refractivity contribution is 0.167. The van der Waals surface area contributed by atoms with Gasteiger partial charge in [0, 0.05) is 25.2 Å². The first-order valence-electron chi connectivity index (χ1n) is 7.42. The SMILES string of the molecule is Cc1cc(CN(Cc2ccccc2)C(C)C2CC2)no1. The molecular formula is C17H22N2O. The molecule has 2 aromatic rings. The first-order valence-corrected chi connectivity index (χ1v) is 7.42. The molecule has 0 N–H and O–H groups in total. The first-order chi connectivity index (χ1) is 9.72. The maximum Gasteiger partial charge on any atom is 0.133 e. The van der Waals surface area contributed by atoms with Crippen molar-refractivity contribution in [3.8, 4) is 0 Å². The summed E-state index contributed by atoms with van der Waals surface area (Å²) in [5.41, 5.74) is 2.39. The molecule has 106 valence electrons. The van der Waals surface area contributed by atoms with Crippen LogP contribution in [-0.4, -0.2) is 16.1 Å². The molecule has 1 unspecified atom stereocenters. The number of aromatic nitrogens is 1. The van der Waals surface area contributed by atoms with Crippen molar-refractivity contribution >= 4 is 0 Å². The highest BCUT2D eigenvalue weighted by molar-refractivity contribution is 5.15. The lowest BCUT2D eigenvalue weighted by Crippen LogP contribution is -2.33. The third-order valence-electron chi connectivity index (χ3n) is 4.15. The van der Waals surface area contributed by atoms with Gasteiger partial charge in [-0.05, 0) is 38.2 Å². The van der Waals surface area contributed by atoms with Crippen LogP contribution < -0.4 is 0 Å². The molecule has 1 aliphatic rings. The average Bonchev–Trinajstić information content (AvgIpc) is 3.22. The highest BCUT2D eigenvalue weighted by Crippen LogP contribution is 2.36. The molecule has 1 fully saturated rings. The molecule has 1 aromatic heterocycles. The molecule has 0 spiro atoms. The molecule has 20 heavy (non-hydrogen) atoms. The molecule has 1 atom stereocenters. The van der Waals surface area contributed by atoms with Gasteiger partial charge in [0.15, 0.2) is 0 Å². The van der Waals surface area contributed by atoms with Gasteiger partial charge in [-0.3, -0.25) is 4.90 Å². The third kappa shape index (κ3) is 3.28. The van der Waals surface area contributed by atoms with Crippen LogP contribution in [0.1, 0.15) is 36.8 Å². The molecule has 0 bridgehead atoms. The molecule has 3 nitrogen and oxygen atoms in total. The van der Waals surface area contributed by atoms with Gasteiger partial charge in [0.2, 0.25) is 0 Å². The fraction of sp³-hybridized carbons (Fsp3) is 0.471. The summed E-state index contributed by atoms with van der Waals surface area (Å²) in [6.07, 6.45) is 2.73. The van der Waals surface area contributed by atoms with Crippen LogP contribution in [0.5, 0.6) is 0 Å². The lowest BCUT2D eigenvalue weighted by atomic mass is 10.1. The van der Waals surface area contributed by atoms with E-state index in [1.165, 1.54) is 18.4 Å². The molecule has 1 aliphatic carbocycles. The van der Waals surface area contributed by atoms with Gasteiger partial charge in [-0.1, -0.05) is 35.5 Å². The minimum Gasteiger partial charge on any atom is -0.361 e. The topological polar surface area (TPSA) is 29.3 Å². The van der Waals surface area contributed by atoms with Crippen LogP contribution >= 0.6 is 0 Å². The molecule has 0 radical (unpaired) electrons. The Labute approximate surface area is 120 Å². The van der Waals surface area contributed by atoms with E-state index in [4.69, 9.17) is 4.52 Å². The number of aryl methyl sites for hydroxylation is 1. The van der Waals surface area contributed by atoms with Crippen LogP contribution in [0.15, 0.2) is 40.9 Å². The maximum absolute atomic E-state index is 5.19. The van der Waals surface area contributed by atoms with Crippen LogP contribution in [0.3, 0.4) is 0 Å². The number of hydrogen-bond donors (Lipinski definition) is 0. The minimum atomic E-state index is 0.604. The fourth-order valence-corrected chi connectivity index (χ4v) is 2.74. The standard InChI is InChI=1S/C17H22N2O/c1-13-10-17(18-20-13)12-19(14(2)16-8-9-16)11-15-6-4-3-5-7-15/h3-7,10,14,16H,8-9,11-12H2,1-2H3. The van der Waals surface area contributed by atoms with Crippen LogP contribution in [0.4, 0.5) is 0 Å². The Bertz CT molecular complexity index is 545. The van der Waals surface area contributed by atoms with Gasteiger partial charge in [-0.2, -0.15) is 0 Å². The Hall–Kier alpha value is -1.61. The third-order valence-corrected chi connectivity index (χ3v) is 4.15. The Kier molecular flexibility index (Phi) is 3.88. The molecule has 0 saturated heterocycles. The molecule has 0 aliphatic heterocycles. The van der Waals surface area contributed by atoms with Crippen molar-refractivity contribution < 1.29 is 4.52 Å². The van der Waals surface area contributed by atoms with E-state index in [2.05, 4.69) is 47.3 Å². The fourth-order valence-electron chi connectivity index (χ4n) is 2.74. The van der Waals surface area contributed by atoms with E-state index in [1.807, 2.05) is 13.0 Å². The summed E-state index contributed by atoms with van der Waals surface area (Å²) in [5.74, 6) is 1.74. The zero-order valence-corrected chi connectivity index (χ0v) is 12.2. The van der Waals surface area contributed by atoms with Gasteiger partial charge in [0.05, 0.1) is 5.69 Å². The van der Waals surface area contributed by atoms with Crippen molar-refractivity contribution in [2.24, 2.45) is 5.92 Å². The maximum atomic E-state index is 5.19. The second-order valence-electron chi connectivity index (χ2n) is 5.90. The number of nitrogens with zero attached hydrogens (tertiary/aromatic N) is 2. The highest BCUT2D eigenvalue weighted by atomic mass is 16.5. The van der Waals surface area contributed by atoms with E-state index in [9.17, 15) is 0 Å². The summed E-state index contributed by atoms with van der Waals surface area (Å²) >= 11 is 0. The van der Waals surface area contributed by atoms with Crippen molar-refractivity contribution in [1.82, 2.24) is 10.1 Å². The first kappa shape index (κ1) is 13.4. The molecule has 1 aromatic carbocycles. The van der Waals surface area contributed by atoms with Crippen molar-refractivity contribution in [1.29, 1.82) is 0 Å². The Morgan fingerprint density at radius 1 is 1.25 bits per heavy atom. The summed E-state index contributed by atoms with van der Waals surface area (Å²) in [5, 5.41) is 4.14. The summed E-state index contributed by atoms with van der Waals surface area (Å²) in [6, 6.07) is 13.3. The van der Waals surface area contributed by atoms with Crippen LogP contribution in [0.25, 0.3) is 0 Å². The summed E-state index contributed by atoms with van der Waals surface area (Å²) < 4.78 is 5.19. The van der Waals surface area contributed by atoms with Crippen LogP contribution in [0.2, 0.25) is 0 Å². The van der Waals surface area contributed by atoms with Crippen molar-refractivity contribution in [2.75, 3.05) is 0 Å². The normalized spacial score (nSPS) is 16.6. The molecule has 3 heteroatoms. The zero-order chi connectivity index (χ0) is 13.9. The summed E-state index contributed by atoms with van der Waals surface area (Å²) in [4.78, 5) is 2.52. The average molecular weight is 270 g/mol. The van der Waals surface area contributed by atoms with E-state index in [-0.39, 0.29) is 0 Å². The second kappa shape index (κ2) is 5.80. The van der Waals surface area contributed by atoms with Crippen LogP contribution in [-0.2, 0) is 13.1 Å². The Morgan fingerprint density at radius 2 is 2.00 bits per heavy atom. The van der Waals surface area contributed by atoms with E-state index >= 15 is 0 Å². The second-order valence-corrected chi connectivity index (χ2v) is 5.90. The van der Waals surface area contributed by atoms with Gasteiger partial charge in [0.1, 0.15) is 5.76 Å². The van der Waals surface area contributed by atoms with Crippen molar-refractivity contribution in [2.45, 2.75) is 45.8 Å². The molecule has 3 rings (SSSR count). The van der Waals surface area contributed by atoms with E-state index in [1.54, 1.807) is 0 Å². The Morgan fingerprint density at radius 3 is 2.60 bits per heavy atom. The molecule has 1 saturated carbocycles. The predicted octanol–water partition coefficient (Wildman–Crippen LogP) is 3.78. The zero-order valence-electron chi connectivity index (χ0n) is 12.2. The molecular weight excluding hydrogens is 248 g/mol. The van der Waals surface area contributed by atoms with E-state index < -0.39 is 0 Å². The number of rotatable bonds is 6. The van der Waals surface area contributed by atoms with Gasteiger partial charge in [0.25, 0.3) is 0 Å². The number of benzene rings is 1. The van der Waals surface area contributed by atoms with Gasteiger partial charge in [-0.15, -0.1) is 0 Å². The molecule has 0 amide bonds. The quantitative estimate of drug-likeness (QED) is 0.800. The van der Waals surface area contributed by atoms with Crippen LogP contribution in [0, 0.1) is 12.8 Å². The van der Waals surface area contributed by atoms with Crippen molar-refractivity contribution in [3.63, 3.8) is 0 Å². The smallest absolute Gasteiger partial charge is 0.133 e. The van der Waals surface area contributed by atoms with Gasteiger partial charge >= 0.3 is 0 Å². The summed E-state index contributed by atoms with van der Waals surface area (Å²) in [7, 11) is 0. The largest absolute Gasteiger partial charge is 0.361 e. The van der Waals surface area contributed by atoms with E-state index in [0.29, 0.717) is 6.04 Å². The minimum absolute atomic E-state index is 0.604. The summed E-state index contributed by atoms with van der Waals surface area (Å²) in [6.45, 7) is 6.13. The Balaban J connectivity index is 1.73. The van der Waals surface area contributed by atoms with Gasteiger partial charge in [-0.25, -0.2) is 0 Å². The van der Waals surface area contributed by atoms with Gasteiger partial charge < -0.3 is 4.52 Å². The van der Waals surface area contributed by atoms with E-state index in [0.717, 1.165) is 30.5 Å². The number of hydrogen-bond acceptors (Lipinski definition) is 3. The predicted molar refractivity (Wildman–Crippen MR) is 79.1 cm³/mol. The monoisotopic (exact) mass is 270 g/mol. The van der Waals surface area contributed by atoms with Crippen molar-refractivity contribution in [3.05, 3.63) is 53.4 Å². The lowest BCUT2D eigenvalue weighted by Gasteiger charge is -2.28.